The minimum Gasteiger partial charge on any atom is -0.481 e. The molecule has 7 rings (SSSR count). The molecule has 9 heteroatoms. The number of rotatable bonds is 11. The van der Waals surface area contributed by atoms with Crippen LogP contribution in [0.1, 0.15) is 143 Å². The number of ketones is 1. The summed E-state index contributed by atoms with van der Waals surface area (Å²) in [6.07, 6.45) is 9.81. The number of carboxylic acid groups (broad SMARTS) is 1. The summed E-state index contributed by atoms with van der Waals surface area (Å²) in [5, 5.41) is 10.3. The number of carboxylic acids is 1. The van der Waals surface area contributed by atoms with Gasteiger partial charge in [0.15, 0.2) is 5.78 Å². The Morgan fingerprint density at radius 3 is 2.10 bits per heavy atom. The van der Waals surface area contributed by atoms with Crippen LogP contribution in [0.25, 0.3) is 0 Å². The predicted octanol–water partition coefficient (Wildman–Crippen LogP) is 10.4. The van der Waals surface area contributed by atoms with Crippen LogP contribution in [0.3, 0.4) is 0 Å². The molecule has 0 radical (unpaired) electrons. The van der Waals surface area contributed by atoms with E-state index in [9.17, 15) is 24.3 Å². The van der Waals surface area contributed by atoms with Gasteiger partial charge in [0.2, 0.25) is 0 Å². The van der Waals surface area contributed by atoms with Gasteiger partial charge in [-0.1, -0.05) is 79.5 Å². The van der Waals surface area contributed by atoms with Crippen LogP contribution < -0.4 is 0 Å². The number of hydrogen-bond acceptors (Lipinski definition) is 6. The maximum absolute atomic E-state index is 14.3. The average Bonchev–Trinajstić information content (AvgIpc) is 3.44. The first-order valence-electron chi connectivity index (χ1n) is 22.9. The van der Waals surface area contributed by atoms with E-state index in [1.54, 1.807) is 12.1 Å². The van der Waals surface area contributed by atoms with Crippen molar-refractivity contribution in [3.63, 3.8) is 0 Å². The average molecular weight is 834 g/mol. The van der Waals surface area contributed by atoms with E-state index in [-0.39, 0.29) is 56.9 Å². The van der Waals surface area contributed by atoms with E-state index in [0.29, 0.717) is 60.1 Å². The molecule has 1 amide bonds. The van der Waals surface area contributed by atoms with Gasteiger partial charge in [-0.05, 0) is 153 Å². The molecule has 0 aliphatic heterocycles. The van der Waals surface area contributed by atoms with Crippen LogP contribution in [0.4, 0.5) is 0 Å². The highest BCUT2D eigenvalue weighted by Crippen LogP contribution is 2.77. The van der Waals surface area contributed by atoms with Gasteiger partial charge in [-0.25, -0.2) is 0 Å². The molecule has 326 valence electrons. The molecule has 0 saturated heterocycles. The van der Waals surface area contributed by atoms with Gasteiger partial charge < -0.3 is 19.6 Å². The van der Waals surface area contributed by atoms with Gasteiger partial charge in [0, 0.05) is 47.5 Å². The number of halogens is 1. The fraction of sp³-hybridized carbons (Fsp3) is 0.760. The normalized spacial score (nSPS) is 38.2. The lowest BCUT2D eigenvalue weighted by Crippen LogP contribution is -2.66. The Balaban J connectivity index is 1.14. The number of aliphatic carboxylic acids is 1. The van der Waals surface area contributed by atoms with Crippen molar-refractivity contribution >= 4 is 35.2 Å². The first kappa shape index (κ1) is 44.3. The number of ether oxygens (including phenoxy) is 1. The third-order valence-electron chi connectivity index (χ3n) is 18.7. The van der Waals surface area contributed by atoms with Crippen molar-refractivity contribution in [3.05, 3.63) is 46.0 Å². The monoisotopic (exact) mass is 833 g/mol. The van der Waals surface area contributed by atoms with E-state index in [4.69, 9.17) is 16.3 Å². The molecular formula is C50H73ClN2O6. The van der Waals surface area contributed by atoms with Gasteiger partial charge in [0.1, 0.15) is 6.10 Å². The molecule has 5 saturated carbocycles. The molecule has 8 nitrogen and oxygen atoms in total. The fourth-order valence-corrected chi connectivity index (χ4v) is 15.1. The number of esters is 1. The standard InChI is InChI=1S/C50H73ClN2O6/c1-30(2)40-36(54)29-50(24-25-53(27-26-52(10)11)42(55)31-12-14-32(51)15-13-31)23-22-48(8)33(41(40)50)16-17-38-47(7)20-19-39(46(5,6)37(47)18-21-49(38,48)9)59-44(58)35-28-34(43(56)57)45(35,3)4/h12-15,30,33-35,37-39H,16-29H2,1-11H3,(H,56,57)/t33-,34+,35-,37+,38-,39+,47+,48-,49-,50-/m1/s1. The summed E-state index contributed by atoms with van der Waals surface area (Å²) in [5.41, 5.74) is 2.32. The minimum absolute atomic E-state index is 0.0173. The summed E-state index contributed by atoms with van der Waals surface area (Å²) in [4.78, 5) is 58.0. The topological polar surface area (TPSA) is 104 Å². The lowest BCUT2D eigenvalue weighted by atomic mass is 9.33. The van der Waals surface area contributed by atoms with Crippen LogP contribution in [-0.4, -0.2) is 78.4 Å². The Bertz CT molecular complexity index is 1880. The highest BCUT2D eigenvalue weighted by atomic mass is 35.5. The molecular weight excluding hydrogens is 760 g/mol. The molecule has 1 N–H and O–H groups in total. The zero-order valence-electron chi connectivity index (χ0n) is 38.0. The number of fused-ring (bicyclic) bond motifs is 7. The van der Waals surface area contributed by atoms with Crippen LogP contribution in [0.15, 0.2) is 35.4 Å². The maximum atomic E-state index is 14.3. The molecule has 10 atom stereocenters. The van der Waals surface area contributed by atoms with E-state index in [1.165, 1.54) is 5.57 Å². The third-order valence-corrected chi connectivity index (χ3v) is 18.9. The van der Waals surface area contributed by atoms with Crippen LogP contribution >= 0.6 is 11.6 Å². The van der Waals surface area contributed by atoms with Gasteiger partial charge in [-0.3, -0.25) is 19.2 Å². The summed E-state index contributed by atoms with van der Waals surface area (Å²) in [6, 6.07) is 7.21. The molecule has 0 aromatic heterocycles. The summed E-state index contributed by atoms with van der Waals surface area (Å²) >= 11 is 6.21. The number of hydrogen-bond donors (Lipinski definition) is 1. The van der Waals surface area contributed by atoms with Crippen molar-refractivity contribution < 1.29 is 29.0 Å². The first-order valence-corrected chi connectivity index (χ1v) is 23.2. The second-order valence-electron chi connectivity index (χ2n) is 22.6. The third kappa shape index (κ3) is 6.95. The molecule has 6 aliphatic carbocycles. The van der Waals surface area contributed by atoms with Gasteiger partial charge in [0.25, 0.3) is 5.91 Å². The first-order chi connectivity index (χ1) is 27.4. The minimum atomic E-state index is -0.828. The quantitative estimate of drug-likeness (QED) is 0.221. The van der Waals surface area contributed by atoms with Crippen LogP contribution in [0, 0.1) is 68.0 Å². The number of benzene rings is 1. The number of carbonyl (C=O) groups is 4. The number of allylic oxidation sites excluding steroid dienone is 2. The lowest BCUT2D eigenvalue weighted by molar-refractivity contribution is -0.236. The Morgan fingerprint density at radius 1 is 0.814 bits per heavy atom. The summed E-state index contributed by atoms with van der Waals surface area (Å²) in [7, 11) is 4.08. The zero-order chi connectivity index (χ0) is 43.2. The number of likely N-dealkylation sites (N-methyl/N-ethyl adjacent to an activating group) is 1. The van der Waals surface area contributed by atoms with Gasteiger partial charge in [-0.15, -0.1) is 0 Å². The number of carbonyl (C=O) groups excluding carboxylic acids is 3. The smallest absolute Gasteiger partial charge is 0.309 e. The summed E-state index contributed by atoms with van der Waals surface area (Å²) in [5.74, 6) is -0.208. The fourth-order valence-electron chi connectivity index (χ4n) is 15.0. The van der Waals surface area contributed by atoms with Crippen LogP contribution in [0.5, 0.6) is 0 Å². The number of nitrogens with zero attached hydrogens (tertiary/aromatic N) is 2. The van der Waals surface area contributed by atoms with E-state index in [1.807, 2.05) is 45.0 Å². The predicted molar refractivity (Wildman–Crippen MR) is 233 cm³/mol. The zero-order valence-corrected chi connectivity index (χ0v) is 38.8. The Labute approximate surface area is 359 Å². The van der Waals surface area contributed by atoms with Crippen LogP contribution in [-0.2, 0) is 19.1 Å². The van der Waals surface area contributed by atoms with Crippen LogP contribution in [0.2, 0.25) is 5.02 Å². The summed E-state index contributed by atoms with van der Waals surface area (Å²) in [6.45, 7) is 22.6. The van der Waals surface area contributed by atoms with Gasteiger partial charge in [-0.2, -0.15) is 0 Å². The van der Waals surface area contributed by atoms with Crippen molar-refractivity contribution in [2.45, 2.75) is 139 Å². The van der Waals surface area contributed by atoms with E-state index in [2.05, 4.69) is 53.4 Å². The molecule has 0 bridgehead atoms. The highest BCUT2D eigenvalue weighted by molar-refractivity contribution is 6.30. The molecule has 6 aliphatic rings. The van der Waals surface area contributed by atoms with Crippen molar-refractivity contribution in [1.29, 1.82) is 0 Å². The van der Waals surface area contributed by atoms with Crippen molar-refractivity contribution in [3.8, 4) is 0 Å². The van der Waals surface area contributed by atoms with Gasteiger partial charge >= 0.3 is 11.9 Å². The van der Waals surface area contributed by atoms with E-state index >= 15 is 0 Å². The van der Waals surface area contributed by atoms with Gasteiger partial charge in [0.05, 0.1) is 11.8 Å². The largest absolute Gasteiger partial charge is 0.481 e. The molecule has 1 aromatic carbocycles. The van der Waals surface area contributed by atoms with E-state index < -0.39 is 17.3 Å². The SMILES string of the molecule is CC(C)C1=C2[C@H]3CC[C@@H]4[C@@]5(C)CC[C@H](OC(=O)[C@H]6C[C@@H](C(=O)O)C6(C)C)C(C)(C)[C@@H]5CC[C@@]4(C)[C@]3(C)CC[C@@]2(CCN(CCN(C)C)C(=O)c2ccc(Cl)cc2)CC1=O. The second kappa shape index (κ2) is 15.3. The van der Waals surface area contributed by atoms with Crippen molar-refractivity contribution in [1.82, 2.24) is 9.80 Å². The summed E-state index contributed by atoms with van der Waals surface area (Å²) < 4.78 is 6.45. The maximum Gasteiger partial charge on any atom is 0.309 e. The Kier molecular flexibility index (Phi) is 11.5. The molecule has 1 aromatic rings. The van der Waals surface area contributed by atoms with Crippen molar-refractivity contribution in [2.24, 2.45) is 68.0 Å². The van der Waals surface area contributed by atoms with Crippen molar-refractivity contribution in [2.75, 3.05) is 33.7 Å². The number of amides is 1. The molecule has 0 unspecified atom stereocenters. The second-order valence-corrected chi connectivity index (χ2v) is 23.1. The van der Waals surface area contributed by atoms with E-state index in [0.717, 1.165) is 69.9 Å². The molecule has 5 fully saturated rings. The Morgan fingerprint density at radius 2 is 1.49 bits per heavy atom. The molecule has 59 heavy (non-hydrogen) atoms. The molecule has 0 spiro atoms. The number of Topliss-reactive ketones (excluding diaryl/α,β-unsaturated/α-hetero) is 1. The lowest BCUT2D eigenvalue weighted by Gasteiger charge is -2.72. The highest BCUT2D eigenvalue weighted by Gasteiger charge is 2.70. The Hall–Kier alpha value is -2.71. The molecule has 0 heterocycles.